The van der Waals surface area contributed by atoms with Gasteiger partial charge in [-0.3, -0.25) is 4.79 Å². The summed E-state index contributed by atoms with van der Waals surface area (Å²) >= 11 is 1.22. The summed E-state index contributed by atoms with van der Waals surface area (Å²) in [4.78, 5) is 19.2. The molecule has 0 saturated heterocycles. The lowest BCUT2D eigenvalue weighted by molar-refractivity contribution is 0.100. The van der Waals surface area contributed by atoms with Crippen LogP contribution in [0.4, 0.5) is 15.2 Å². The van der Waals surface area contributed by atoms with Crippen molar-refractivity contribution >= 4 is 28.1 Å². The number of carbonyl (C=O) groups is 1. The summed E-state index contributed by atoms with van der Waals surface area (Å²) in [7, 11) is 3.96. The first-order valence-electron chi connectivity index (χ1n) is 10.6. The van der Waals surface area contributed by atoms with E-state index in [2.05, 4.69) is 10.3 Å². The van der Waals surface area contributed by atoms with Crippen LogP contribution in [0, 0.1) is 5.82 Å². The predicted molar refractivity (Wildman–Crippen MR) is 129 cm³/mol. The lowest BCUT2D eigenvalue weighted by Gasteiger charge is -2.10. The fourth-order valence-corrected chi connectivity index (χ4v) is 4.21. The molecule has 1 amide bonds. The van der Waals surface area contributed by atoms with Crippen LogP contribution in [0.3, 0.4) is 0 Å². The standard InChI is InChI=1S/C24H29FN4O3S/c1-15(13-30)16-7-8-18(20(25)11-16)21-12-19(23(26)31)24(33-21)28-22-6-4-5-17(27-22)14-32-10-9-29(2)3/h4-8,11-12,15,30H,9-10,13-14H2,1-3H3,(H2,26,31)(H,27,28). The molecule has 33 heavy (non-hydrogen) atoms. The van der Waals surface area contributed by atoms with Crippen LogP contribution in [0.15, 0.2) is 42.5 Å². The van der Waals surface area contributed by atoms with E-state index in [1.807, 2.05) is 38.1 Å². The summed E-state index contributed by atoms with van der Waals surface area (Å²) in [5.74, 6) is -0.673. The molecule has 0 bridgehead atoms. The zero-order valence-corrected chi connectivity index (χ0v) is 19.8. The van der Waals surface area contributed by atoms with Crippen LogP contribution in [-0.4, -0.2) is 54.8 Å². The third-order valence-corrected chi connectivity index (χ3v) is 6.16. The molecule has 0 saturated carbocycles. The molecule has 0 aliphatic heterocycles. The van der Waals surface area contributed by atoms with Crippen molar-refractivity contribution in [2.24, 2.45) is 5.73 Å². The smallest absolute Gasteiger partial charge is 0.251 e. The number of likely N-dealkylation sites (N-methyl/N-ethyl adjacent to an activating group) is 1. The topological polar surface area (TPSA) is 101 Å². The van der Waals surface area contributed by atoms with Gasteiger partial charge in [-0.2, -0.15) is 0 Å². The number of aliphatic hydroxyl groups excluding tert-OH is 1. The van der Waals surface area contributed by atoms with Gasteiger partial charge in [-0.25, -0.2) is 9.37 Å². The highest BCUT2D eigenvalue weighted by atomic mass is 32.1. The van der Waals surface area contributed by atoms with Crippen LogP contribution in [0.5, 0.6) is 0 Å². The van der Waals surface area contributed by atoms with Crippen molar-refractivity contribution in [2.45, 2.75) is 19.4 Å². The average Bonchev–Trinajstić information content (AvgIpc) is 3.20. The number of ether oxygens (including phenoxy) is 1. The monoisotopic (exact) mass is 472 g/mol. The molecule has 0 spiro atoms. The Morgan fingerprint density at radius 2 is 2.09 bits per heavy atom. The van der Waals surface area contributed by atoms with Crippen molar-refractivity contribution in [3.05, 3.63) is 65.1 Å². The van der Waals surface area contributed by atoms with E-state index in [-0.39, 0.29) is 18.1 Å². The molecule has 9 heteroatoms. The minimum absolute atomic E-state index is 0.0650. The third kappa shape index (κ3) is 6.58. The molecule has 3 rings (SSSR count). The molecule has 4 N–H and O–H groups in total. The number of benzene rings is 1. The van der Waals surface area contributed by atoms with E-state index in [0.717, 1.165) is 12.2 Å². The van der Waals surface area contributed by atoms with E-state index in [1.165, 1.54) is 17.4 Å². The molecule has 7 nitrogen and oxygen atoms in total. The summed E-state index contributed by atoms with van der Waals surface area (Å²) < 4.78 is 20.5. The summed E-state index contributed by atoms with van der Waals surface area (Å²) in [6, 6.07) is 11.9. The van der Waals surface area contributed by atoms with Gasteiger partial charge in [0.05, 0.1) is 24.5 Å². The fourth-order valence-electron chi connectivity index (χ4n) is 3.11. The van der Waals surface area contributed by atoms with E-state index in [9.17, 15) is 14.3 Å². The molecule has 1 aromatic carbocycles. The zero-order valence-electron chi connectivity index (χ0n) is 19.0. The number of nitrogens with two attached hydrogens (primary N) is 1. The Hall–Kier alpha value is -2.85. The molecule has 2 heterocycles. The zero-order chi connectivity index (χ0) is 24.0. The second-order valence-electron chi connectivity index (χ2n) is 8.04. The SMILES string of the molecule is CC(CO)c1ccc(-c2cc(C(N)=O)c(Nc3cccc(COCCN(C)C)n3)s2)c(F)c1. The van der Waals surface area contributed by atoms with Gasteiger partial charge in [-0.15, -0.1) is 11.3 Å². The van der Waals surface area contributed by atoms with Crippen LogP contribution in [0.25, 0.3) is 10.4 Å². The highest BCUT2D eigenvalue weighted by Crippen LogP contribution is 2.38. The largest absolute Gasteiger partial charge is 0.396 e. The van der Waals surface area contributed by atoms with Gasteiger partial charge in [0.2, 0.25) is 0 Å². The average molecular weight is 473 g/mol. The highest BCUT2D eigenvalue weighted by Gasteiger charge is 2.18. The first-order valence-corrected chi connectivity index (χ1v) is 11.4. The first-order chi connectivity index (χ1) is 15.8. The lowest BCUT2D eigenvalue weighted by atomic mass is 9.99. The Labute approximate surface area is 197 Å². The van der Waals surface area contributed by atoms with Gasteiger partial charge in [0, 0.05) is 29.5 Å². The molecule has 0 radical (unpaired) electrons. The van der Waals surface area contributed by atoms with Crippen LogP contribution < -0.4 is 11.1 Å². The van der Waals surface area contributed by atoms with Crippen molar-refractivity contribution in [2.75, 3.05) is 39.2 Å². The van der Waals surface area contributed by atoms with Gasteiger partial charge in [0.15, 0.2) is 0 Å². The Morgan fingerprint density at radius 1 is 1.30 bits per heavy atom. The van der Waals surface area contributed by atoms with Crippen molar-refractivity contribution in [1.29, 1.82) is 0 Å². The normalized spacial score (nSPS) is 12.2. The van der Waals surface area contributed by atoms with Crippen molar-refractivity contribution in [1.82, 2.24) is 9.88 Å². The quantitative estimate of drug-likeness (QED) is 0.365. The Bertz CT molecular complexity index is 1100. The van der Waals surface area contributed by atoms with Gasteiger partial charge >= 0.3 is 0 Å². The van der Waals surface area contributed by atoms with Crippen molar-refractivity contribution < 1.29 is 19.0 Å². The Kier molecular flexibility index (Phi) is 8.51. The summed E-state index contributed by atoms with van der Waals surface area (Å²) in [5.41, 5.74) is 7.65. The number of primary amides is 1. The van der Waals surface area contributed by atoms with E-state index in [4.69, 9.17) is 10.5 Å². The number of hydrogen-bond donors (Lipinski definition) is 3. The number of nitrogens with zero attached hydrogens (tertiary/aromatic N) is 2. The number of anilines is 2. The number of carbonyl (C=O) groups excluding carboxylic acids is 1. The van der Waals surface area contributed by atoms with E-state index >= 15 is 0 Å². The summed E-state index contributed by atoms with van der Waals surface area (Å²) in [6.45, 7) is 3.53. The maximum absolute atomic E-state index is 14.8. The molecule has 1 unspecified atom stereocenters. The summed E-state index contributed by atoms with van der Waals surface area (Å²) in [5, 5.41) is 12.9. The van der Waals surface area contributed by atoms with Gasteiger partial charge in [0.25, 0.3) is 5.91 Å². The number of amides is 1. The molecular formula is C24H29FN4O3S. The number of hydrogen-bond acceptors (Lipinski definition) is 7. The summed E-state index contributed by atoms with van der Waals surface area (Å²) in [6.07, 6.45) is 0. The molecule has 1 atom stereocenters. The number of thiophene rings is 1. The van der Waals surface area contributed by atoms with Crippen LogP contribution in [-0.2, 0) is 11.3 Å². The van der Waals surface area contributed by atoms with Crippen LogP contribution in [0.1, 0.15) is 34.5 Å². The number of rotatable bonds is 11. The van der Waals surface area contributed by atoms with Gasteiger partial charge < -0.3 is 25.8 Å². The maximum Gasteiger partial charge on any atom is 0.251 e. The van der Waals surface area contributed by atoms with Crippen molar-refractivity contribution in [3.8, 4) is 10.4 Å². The van der Waals surface area contributed by atoms with Gasteiger partial charge in [0.1, 0.15) is 16.6 Å². The number of nitrogens with one attached hydrogen (secondary N) is 1. The Balaban J connectivity index is 1.81. The van der Waals surface area contributed by atoms with Crippen molar-refractivity contribution in [3.63, 3.8) is 0 Å². The third-order valence-electron chi connectivity index (χ3n) is 5.08. The molecule has 0 aliphatic carbocycles. The molecule has 0 aliphatic rings. The van der Waals surface area contributed by atoms with Crippen LogP contribution in [0.2, 0.25) is 0 Å². The molecule has 3 aromatic rings. The molecule has 2 aromatic heterocycles. The Morgan fingerprint density at radius 3 is 2.76 bits per heavy atom. The minimum atomic E-state index is -0.617. The second kappa shape index (κ2) is 11.3. The van der Waals surface area contributed by atoms with E-state index in [0.29, 0.717) is 40.0 Å². The number of aromatic nitrogens is 1. The predicted octanol–water partition coefficient (Wildman–Crippen LogP) is 3.97. The molecule has 0 fully saturated rings. The first kappa shape index (κ1) is 24.8. The highest BCUT2D eigenvalue weighted by molar-refractivity contribution is 7.19. The van der Waals surface area contributed by atoms with E-state index < -0.39 is 11.7 Å². The number of aliphatic hydroxyl groups is 1. The van der Waals surface area contributed by atoms with Crippen LogP contribution >= 0.6 is 11.3 Å². The fraction of sp³-hybridized carbons (Fsp3) is 0.333. The molecular weight excluding hydrogens is 443 g/mol. The maximum atomic E-state index is 14.8. The van der Waals surface area contributed by atoms with Gasteiger partial charge in [-0.05, 0) is 43.9 Å². The minimum Gasteiger partial charge on any atom is -0.396 e. The lowest BCUT2D eigenvalue weighted by Crippen LogP contribution is -2.18. The van der Waals surface area contributed by atoms with Gasteiger partial charge in [-0.1, -0.05) is 25.1 Å². The molecule has 176 valence electrons. The number of pyridine rings is 1. The number of halogens is 1. The van der Waals surface area contributed by atoms with E-state index in [1.54, 1.807) is 24.3 Å². The second-order valence-corrected chi connectivity index (χ2v) is 9.09.